The fourth-order valence-corrected chi connectivity index (χ4v) is 1.84. The number of amidine groups is 1. The normalized spacial score (nSPS) is 11.8. The Morgan fingerprint density at radius 1 is 1.64 bits per heavy atom. The monoisotopic (exact) mass is 213 g/mol. The summed E-state index contributed by atoms with van der Waals surface area (Å²) in [5.41, 5.74) is 2.60. The first-order valence-corrected chi connectivity index (χ1v) is 5.16. The maximum absolute atomic E-state index is 5.38. The van der Waals surface area contributed by atoms with E-state index < -0.39 is 0 Å². The summed E-state index contributed by atoms with van der Waals surface area (Å²) in [5.74, 6) is 6.10. The number of aryl methyl sites for hydroxylation is 1. The number of rotatable bonds is 4. The van der Waals surface area contributed by atoms with Crippen molar-refractivity contribution in [2.24, 2.45) is 10.8 Å². The van der Waals surface area contributed by atoms with Crippen molar-refractivity contribution in [3.8, 4) is 0 Å². The second-order valence-electron chi connectivity index (χ2n) is 2.78. The molecule has 78 valence electrons. The van der Waals surface area contributed by atoms with Gasteiger partial charge < -0.3 is 10.2 Å². The van der Waals surface area contributed by atoms with Crippen LogP contribution in [0.2, 0.25) is 0 Å². The number of ether oxygens (including phenoxy) is 1. The van der Waals surface area contributed by atoms with Crippen molar-refractivity contribution in [3.05, 3.63) is 21.9 Å². The van der Waals surface area contributed by atoms with Gasteiger partial charge in [-0.1, -0.05) is 0 Å². The lowest BCUT2D eigenvalue weighted by Crippen LogP contribution is -2.30. The first-order chi connectivity index (χ1) is 6.77. The molecule has 1 heterocycles. The first-order valence-electron chi connectivity index (χ1n) is 4.34. The van der Waals surface area contributed by atoms with Gasteiger partial charge in [0.15, 0.2) is 5.84 Å². The van der Waals surface area contributed by atoms with Gasteiger partial charge in [0.05, 0.1) is 18.0 Å². The third-order valence-electron chi connectivity index (χ3n) is 1.68. The summed E-state index contributed by atoms with van der Waals surface area (Å²) >= 11 is 1.66. The molecular weight excluding hydrogens is 198 g/mol. The molecule has 5 heteroatoms. The van der Waals surface area contributed by atoms with E-state index in [4.69, 9.17) is 10.6 Å². The van der Waals surface area contributed by atoms with Crippen LogP contribution in [0, 0.1) is 6.92 Å². The molecule has 4 nitrogen and oxygen atoms in total. The average Bonchev–Trinajstić information content (AvgIpc) is 2.60. The Balaban J connectivity index is 2.66. The highest BCUT2D eigenvalue weighted by Crippen LogP contribution is 2.14. The predicted octanol–water partition coefficient (Wildman–Crippen LogP) is 0.913. The smallest absolute Gasteiger partial charge is 0.152 e. The second kappa shape index (κ2) is 5.74. The Kier molecular flexibility index (Phi) is 4.58. The number of nitrogens with zero attached hydrogens (tertiary/aromatic N) is 1. The molecule has 0 saturated heterocycles. The predicted molar refractivity (Wildman–Crippen MR) is 59.7 cm³/mol. The summed E-state index contributed by atoms with van der Waals surface area (Å²) in [6.45, 7) is 3.28. The van der Waals surface area contributed by atoms with E-state index in [0.717, 1.165) is 10.7 Å². The number of nitrogens with one attached hydrogen (secondary N) is 1. The van der Waals surface area contributed by atoms with E-state index in [2.05, 4.69) is 17.3 Å². The molecule has 0 aliphatic heterocycles. The van der Waals surface area contributed by atoms with Crippen molar-refractivity contribution >= 4 is 17.2 Å². The maximum atomic E-state index is 5.38. The Hall–Kier alpha value is -0.910. The number of aliphatic imine (C=N–C) groups is 1. The van der Waals surface area contributed by atoms with Crippen LogP contribution in [0.1, 0.15) is 9.75 Å². The minimum atomic E-state index is 0.607. The SMILES string of the molecule is COCCN=C(NN)c1ccc(C)s1. The minimum absolute atomic E-state index is 0.607. The van der Waals surface area contributed by atoms with E-state index in [-0.39, 0.29) is 0 Å². The third kappa shape index (κ3) is 3.10. The lowest BCUT2D eigenvalue weighted by molar-refractivity contribution is 0.208. The Bertz CT molecular complexity index is 309. The van der Waals surface area contributed by atoms with Gasteiger partial charge in [0.1, 0.15) is 0 Å². The van der Waals surface area contributed by atoms with Crippen molar-refractivity contribution in [1.82, 2.24) is 5.43 Å². The van der Waals surface area contributed by atoms with E-state index >= 15 is 0 Å². The fraction of sp³-hybridized carbons (Fsp3) is 0.444. The molecule has 1 aromatic heterocycles. The lowest BCUT2D eigenvalue weighted by Gasteiger charge is -2.02. The van der Waals surface area contributed by atoms with E-state index in [1.54, 1.807) is 18.4 Å². The van der Waals surface area contributed by atoms with Gasteiger partial charge in [0, 0.05) is 12.0 Å². The number of hydrogen-bond donors (Lipinski definition) is 2. The maximum Gasteiger partial charge on any atom is 0.152 e. The summed E-state index contributed by atoms with van der Waals surface area (Å²) in [4.78, 5) is 6.58. The molecule has 0 atom stereocenters. The van der Waals surface area contributed by atoms with Crippen LogP contribution < -0.4 is 11.3 Å². The molecule has 0 fully saturated rings. The van der Waals surface area contributed by atoms with Crippen LogP contribution in [0.4, 0.5) is 0 Å². The van der Waals surface area contributed by atoms with Crippen LogP contribution in [0.3, 0.4) is 0 Å². The second-order valence-corrected chi connectivity index (χ2v) is 4.07. The van der Waals surface area contributed by atoms with Gasteiger partial charge in [-0.25, -0.2) is 5.84 Å². The molecule has 0 aromatic carbocycles. The molecule has 0 aliphatic carbocycles. The number of nitrogens with two attached hydrogens (primary N) is 1. The third-order valence-corrected chi connectivity index (χ3v) is 2.68. The fourth-order valence-electron chi connectivity index (χ4n) is 1.01. The van der Waals surface area contributed by atoms with Gasteiger partial charge in [0.2, 0.25) is 0 Å². The standard InChI is InChI=1S/C9H15N3OS/c1-7-3-4-8(14-7)9(12-10)11-5-6-13-2/h3-4H,5-6,10H2,1-2H3,(H,11,12). The van der Waals surface area contributed by atoms with Gasteiger partial charge in [-0.05, 0) is 19.1 Å². The van der Waals surface area contributed by atoms with Crippen molar-refractivity contribution in [3.63, 3.8) is 0 Å². The summed E-state index contributed by atoms with van der Waals surface area (Å²) in [6.07, 6.45) is 0. The van der Waals surface area contributed by atoms with Gasteiger partial charge in [0.25, 0.3) is 0 Å². The van der Waals surface area contributed by atoms with E-state index in [1.807, 2.05) is 12.1 Å². The summed E-state index contributed by atoms with van der Waals surface area (Å²) < 4.78 is 4.91. The number of methoxy groups -OCH3 is 1. The zero-order valence-electron chi connectivity index (χ0n) is 8.41. The van der Waals surface area contributed by atoms with E-state index in [0.29, 0.717) is 13.2 Å². The van der Waals surface area contributed by atoms with Gasteiger partial charge >= 0.3 is 0 Å². The molecule has 0 bridgehead atoms. The van der Waals surface area contributed by atoms with Gasteiger partial charge in [-0.15, -0.1) is 11.3 Å². The van der Waals surface area contributed by atoms with Crippen molar-refractivity contribution in [2.45, 2.75) is 6.92 Å². The Morgan fingerprint density at radius 3 is 2.93 bits per heavy atom. The molecule has 1 aromatic rings. The Labute approximate surface area is 87.8 Å². The molecular formula is C9H15N3OS. The number of hydrogen-bond acceptors (Lipinski definition) is 4. The largest absolute Gasteiger partial charge is 0.383 e. The van der Waals surface area contributed by atoms with Crippen LogP contribution in [-0.4, -0.2) is 26.1 Å². The topological polar surface area (TPSA) is 59.6 Å². The summed E-state index contributed by atoms with van der Waals surface area (Å²) in [7, 11) is 1.65. The highest BCUT2D eigenvalue weighted by molar-refractivity contribution is 7.14. The highest BCUT2D eigenvalue weighted by Gasteiger charge is 2.03. The molecule has 0 amide bonds. The van der Waals surface area contributed by atoms with Crippen LogP contribution in [-0.2, 0) is 4.74 Å². The van der Waals surface area contributed by atoms with Crippen molar-refractivity contribution < 1.29 is 4.74 Å². The van der Waals surface area contributed by atoms with Crippen LogP contribution in [0.25, 0.3) is 0 Å². The van der Waals surface area contributed by atoms with Gasteiger partial charge in [-0.2, -0.15) is 0 Å². The van der Waals surface area contributed by atoms with Crippen molar-refractivity contribution in [2.75, 3.05) is 20.3 Å². The first kappa shape index (κ1) is 11.2. The lowest BCUT2D eigenvalue weighted by atomic mass is 10.4. The molecule has 0 aliphatic rings. The van der Waals surface area contributed by atoms with E-state index in [9.17, 15) is 0 Å². The number of thiophene rings is 1. The van der Waals surface area contributed by atoms with Gasteiger partial charge in [-0.3, -0.25) is 4.99 Å². The molecule has 14 heavy (non-hydrogen) atoms. The quantitative estimate of drug-likeness (QED) is 0.257. The Morgan fingerprint density at radius 2 is 2.43 bits per heavy atom. The summed E-state index contributed by atoms with van der Waals surface area (Å²) in [6, 6.07) is 4.05. The van der Waals surface area contributed by atoms with Crippen LogP contribution >= 0.6 is 11.3 Å². The molecule has 0 radical (unpaired) electrons. The molecule has 0 spiro atoms. The molecule has 0 saturated carbocycles. The minimum Gasteiger partial charge on any atom is -0.383 e. The van der Waals surface area contributed by atoms with E-state index in [1.165, 1.54) is 4.88 Å². The van der Waals surface area contributed by atoms with Crippen LogP contribution in [0.5, 0.6) is 0 Å². The van der Waals surface area contributed by atoms with Crippen molar-refractivity contribution in [1.29, 1.82) is 0 Å². The zero-order chi connectivity index (χ0) is 10.4. The molecule has 3 N–H and O–H groups in total. The average molecular weight is 213 g/mol. The zero-order valence-corrected chi connectivity index (χ0v) is 9.23. The molecule has 1 rings (SSSR count). The number of hydrazine groups is 1. The summed E-state index contributed by atoms with van der Waals surface area (Å²) in [5, 5.41) is 0. The molecule has 0 unspecified atom stereocenters. The highest BCUT2D eigenvalue weighted by atomic mass is 32.1. The van der Waals surface area contributed by atoms with Crippen LogP contribution in [0.15, 0.2) is 17.1 Å².